The van der Waals surface area contributed by atoms with Crippen molar-refractivity contribution in [3.8, 4) is 0 Å². The van der Waals surface area contributed by atoms with Crippen molar-refractivity contribution in [3.63, 3.8) is 0 Å². The number of rotatable bonds is 5. The van der Waals surface area contributed by atoms with Crippen LogP contribution in [0.5, 0.6) is 0 Å². The first-order valence-corrected chi connectivity index (χ1v) is 10.5. The Morgan fingerprint density at radius 2 is 1.71 bits per heavy atom. The van der Waals surface area contributed by atoms with E-state index in [2.05, 4.69) is 29.5 Å². The molecule has 0 aliphatic rings. The Morgan fingerprint density at radius 3 is 2.39 bits per heavy atom. The summed E-state index contributed by atoms with van der Waals surface area (Å²) in [4.78, 5) is 16.9. The van der Waals surface area contributed by atoms with Gasteiger partial charge in [-0.1, -0.05) is 50.2 Å². The van der Waals surface area contributed by atoms with Gasteiger partial charge in [0.15, 0.2) is 16.6 Å². The summed E-state index contributed by atoms with van der Waals surface area (Å²) in [6, 6.07) is 23.0. The van der Waals surface area contributed by atoms with Gasteiger partial charge >= 0.3 is 0 Å². The van der Waals surface area contributed by atoms with Crippen LogP contribution < -0.4 is 10.6 Å². The quantitative estimate of drug-likeness (QED) is 0.400. The molecule has 0 saturated carbocycles. The number of oxazole rings is 1. The van der Waals surface area contributed by atoms with Crippen LogP contribution in [0.25, 0.3) is 11.1 Å². The number of hydrogen-bond acceptors (Lipinski definition) is 4. The monoisotopic (exact) mass is 429 g/mol. The van der Waals surface area contributed by atoms with Crippen LogP contribution in [0.2, 0.25) is 0 Å². The molecule has 0 aliphatic heterocycles. The Morgan fingerprint density at radius 1 is 1.00 bits per heavy atom. The molecule has 31 heavy (non-hydrogen) atoms. The zero-order valence-corrected chi connectivity index (χ0v) is 18.2. The molecule has 1 amide bonds. The first-order chi connectivity index (χ1) is 15.0. The minimum atomic E-state index is -0.236. The summed E-state index contributed by atoms with van der Waals surface area (Å²) in [7, 11) is 0. The highest BCUT2D eigenvalue weighted by Gasteiger charge is 2.10. The number of nitrogens with zero attached hydrogens (tertiary/aromatic N) is 1. The summed E-state index contributed by atoms with van der Waals surface area (Å²) in [6.07, 6.45) is 0.600. The third-order valence-corrected chi connectivity index (χ3v) is 5.18. The van der Waals surface area contributed by atoms with Crippen LogP contribution in [0.15, 0.2) is 77.2 Å². The van der Waals surface area contributed by atoms with Gasteiger partial charge in [-0.2, -0.15) is 0 Å². The average molecular weight is 430 g/mol. The van der Waals surface area contributed by atoms with Gasteiger partial charge in [0.2, 0.25) is 0 Å². The van der Waals surface area contributed by atoms with E-state index in [-0.39, 0.29) is 11.0 Å². The number of hydrogen-bond donors (Lipinski definition) is 2. The lowest BCUT2D eigenvalue weighted by Gasteiger charge is -2.11. The smallest absolute Gasteiger partial charge is 0.257 e. The van der Waals surface area contributed by atoms with Crippen molar-refractivity contribution in [2.24, 2.45) is 0 Å². The fraction of sp³-hybridized carbons (Fsp3) is 0.160. The minimum Gasteiger partial charge on any atom is -0.440 e. The van der Waals surface area contributed by atoms with Crippen LogP contribution >= 0.6 is 12.2 Å². The summed E-state index contributed by atoms with van der Waals surface area (Å²) < 4.78 is 5.78. The van der Waals surface area contributed by atoms with E-state index in [1.165, 1.54) is 5.56 Å². The molecule has 0 saturated heterocycles. The van der Waals surface area contributed by atoms with Crippen LogP contribution in [0.1, 0.15) is 47.1 Å². The van der Waals surface area contributed by atoms with Gasteiger partial charge in [-0.3, -0.25) is 10.1 Å². The van der Waals surface area contributed by atoms with Crippen LogP contribution in [0.4, 0.5) is 5.69 Å². The molecule has 0 bridgehead atoms. The standard InChI is InChI=1S/C25H23N3O2S/c1-16(2)18-9-11-19(12-10-18)24(29)28-25(31)26-20-13-7-17(8-14-20)15-23-27-21-5-3-4-6-22(21)30-23/h3-14,16H,15H2,1-2H3,(H2,26,28,29,31). The lowest BCUT2D eigenvalue weighted by atomic mass is 10.0. The van der Waals surface area contributed by atoms with Crippen molar-refractivity contribution in [2.45, 2.75) is 26.2 Å². The van der Waals surface area contributed by atoms with Crippen molar-refractivity contribution in [2.75, 3.05) is 5.32 Å². The second-order valence-electron chi connectivity index (χ2n) is 7.63. The predicted octanol–water partition coefficient (Wildman–Crippen LogP) is 5.67. The van der Waals surface area contributed by atoms with Gasteiger partial charge in [0.1, 0.15) is 5.52 Å². The molecular weight excluding hydrogens is 406 g/mol. The molecule has 6 heteroatoms. The van der Waals surface area contributed by atoms with E-state index >= 15 is 0 Å². The van der Waals surface area contributed by atoms with E-state index in [1.54, 1.807) is 0 Å². The lowest BCUT2D eigenvalue weighted by molar-refractivity contribution is 0.0977. The highest BCUT2D eigenvalue weighted by Crippen LogP contribution is 2.19. The molecule has 4 rings (SSSR count). The molecule has 0 fully saturated rings. The molecule has 0 radical (unpaired) electrons. The maximum atomic E-state index is 12.4. The second kappa shape index (κ2) is 9.10. The maximum absolute atomic E-state index is 12.4. The number of carbonyl (C=O) groups excluding carboxylic acids is 1. The zero-order valence-electron chi connectivity index (χ0n) is 17.4. The largest absolute Gasteiger partial charge is 0.440 e. The van der Waals surface area contributed by atoms with Gasteiger partial charge in [0, 0.05) is 17.7 Å². The minimum absolute atomic E-state index is 0.236. The summed E-state index contributed by atoms with van der Waals surface area (Å²) >= 11 is 5.29. The van der Waals surface area contributed by atoms with Crippen LogP contribution in [-0.4, -0.2) is 16.0 Å². The van der Waals surface area contributed by atoms with Crippen molar-refractivity contribution >= 4 is 40.0 Å². The fourth-order valence-electron chi connectivity index (χ4n) is 3.23. The number of nitrogens with one attached hydrogen (secondary N) is 2. The van der Waals surface area contributed by atoms with Gasteiger partial charge in [0.05, 0.1) is 0 Å². The Labute approximate surface area is 186 Å². The summed E-state index contributed by atoms with van der Waals surface area (Å²) in [5.41, 5.74) is 5.27. The number of benzene rings is 3. The van der Waals surface area contributed by atoms with Crippen molar-refractivity contribution in [1.29, 1.82) is 0 Å². The molecule has 5 nitrogen and oxygen atoms in total. The van der Waals surface area contributed by atoms with Crippen LogP contribution in [0.3, 0.4) is 0 Å². The third-order valence-electron chi connectivity index (χ3n) is 4.97. The Balaban J connectivity index is 1.33. The topological polar surface area (TPSA) is 67.2 Å². The zero-order chi connectivity index (χ0) is 21.8. The molecule has 0 spiro atoms. The van der Waals surface area contributed by atoms with Crippen molar-refractivity contribution < 1.29 is 9.21 Å². The van der Waals surface area contributed by atoms with Gasteiger partial charge in [0.25, 0.3) is 5.91 Å². The number of fused-ring (bicyclic) bond motifs is 1. The number of para-hydroxylation sites is 2. The summed E-state index contributed by atoms with van der Waals surface area (Å²) in [6.45, 7) is 4.24. The average Bonchev–Trinajstić information content (AvgIpc) is 3.17. The summed E-state index contributed by atoms with van der Waals surface area (Å²) in [5.74, 6) is 0.860. The number of amides is 1. The van der Waals surface area contributed by atoms with Gasteiger partial charge < -0.3 is 9.73 Å². The normalized spacial score (nSPS) is 10.9. The molecule has 0 unspecified atom stereocenters. The van der Waals surface area contributed by atoms with Crippen molar-refractivity contribution in [3.05, 3.63) is 95.4 Å². The molecule has 156 valence electrons. The number of thiocarbonyl (C=S) groups is 1. The molecule has 0 atom stereocenters. The molecule has 2 N–H and O–H groups in total. The maximum Gasteiger partial charge on any atom is 0.257 e. The number of carbonyl (C=O) groups is 1. The van der Waals surface area contributed by atoms with Crippen LogP contribution in [0, 0.1) is 0 Å². The molecule has 3 aromatic carbocycles. The van der Waals surface area contributed by atoms with Gasteiger partial charge in [-0.25, -0.2) is 4.98 Å². The molecule has 4 aromatic rings. The van der Waals surface area contributed by atoms with E-state index in [4.69, 9.17) is 16.6 Å². The van der Waals surface area contributed by atoms with Crippen LogP contribution in [-0.2, 0) is 6.42 Å². The first kappa shape index (κ1) is 20.8. The van der Waals surface area contributed by atoms with Gasteiger partial charge in [-0.15, -0.1) is 0 Å². The molecule has 0 aliphatic carbocycles. The van der Waals surface area contributed by atoms with Crippen molar-refractivity contribution in [1.82, 2.24) is 10.3 Å². The second-order valence-corrected chi connectivity index (χ2v) is 8.04. The first-order valence-electron chi connectivity index (χ1n) is 10.1. The Kier molecular flexibility index (Phi) is 6.09. The van der Waals surface area contributed by atoms with E-state index in [0.29, 0.717) is 23.8 Å². The van der Waals surface area contributed by atoms with E-state index < -0.39 is 0 Å². The van der Waals surface area contributed by atoms with E-state index in [0.717, 1.165) is 22.4 Å². The number of anilines is 1. The molecule has 1 heterocycles. The lowest BCUT2D eigenvalue weighted by Crippen LogP contribution is -2.34. The third kappa shape index (κ3) is 5.16. The van der Waals surface area contributed by atoms with Gasteiger partial charge in [-0.05, 0) is 65.7 Å². The molecule has 1 aromatic heterocycles. The number of aromatic nitrogens is 1. The predicted molar refractivity (Wildman–Crippen MR) is 127 cm³/mol. The SMILES string of the molecule is CC(C)c1ccc(C(=O)NC(=S)Nc2ccc(Cc3nc4ccccc4o3)cc2)cc1. The summed E-state index contributed by atoms with van der Waals surface area (Å²) in [5, 5.41) is 6.02. The fourth-order valence-corrected chi connectivity index (χ4v) is 3.44. The van der Waals surface area contributed by atoms with E-state index in [9.17, 15) is 4.79 Å². The Hall–Kier alpha value is -3.51. The highest BCUT2D eigenvalue weighted by atomic mass is 32.1. The molecular formula is C25H23N3O2S. The highest BCUT2D eigenvalue weighted by molar-refractivity contribution is 7.80. The van der Waals surface area contributed by atoms with E-state index in [1.807, 2.05) is 72.8 Å². The Bertz CT molecular complexity index is 1180.